The Morgan fingerprint density at radius 1 is 1.43 bits per heavy atom. The van der Waals surface area contributed by atoms with Gasteiger partial charge in [0.05, 0.1) is 19.6 Å². The van der Waals surface area contributed by atoms with Crippen LogP contribution in [0.1, 0.15) is 31.1 Å². The van der Waals surface area contributed by atoms with Crippen molar-refractivity contribution < 1.29 is 31.5 Å². The van der Waals surface area contributed by atoms with Gasteiger partial charge in [-0.1, -0.05) is 6.07 Å². The van der Waals surface area contributed by atoms with Crippen molar-refractivity contribution >= 4 is 17.3 Å². The SMILES string of the molecule is CC(O)(C(=O)OC1CC[N+]2(CCCC2)C1)c1cccs1.[Cl-]. The maximum absolute atomic E-state index is 12.2. The molecule has 1 N–H and O–H groups in total. The topological polar surface area (TPSA) is 46.5 Å². The summed E-state index contributed by atoms with van der Waals surface area (Å²) in [6.07, 6.45) is 3.46. The molecule has 21 heavy (non-hydrogen) atoms. The summed E-state index contributed by atoms with van der Waals surface area (Å²) in [4.78, 5) is 12.9. The summed E-state index contributed by atoms with van der Waals surface area (Å²) in [6, 6.07) is 3.61. The first-order valence-electron chi connectivity index (χ1n) is 7.34. The van der Waals surface area contributed by atoms with E-state index in [1.165, 1.54) is 44.2 Å². The summed E-state index contributed by atoms with van der Waals surface area (Å²) in [5, 5.41) is 12.2. The summed E-state index contributed by atoms with van der Waals surface area (Å²) in [5.74, 6) is -0.510. The van der Waals surface area contributed by atoms with Crippen molar-refractivity contribution in [3.05, 3.63) is 22.4 Å². The van der Waals surface area contributed by atoms with E-state index in [0.717, 1.165) is 24.0 Å². The highest BCUT2D eigenvalue weighted by Gasteiger charge is 2.44. The number of aliphatic hydroxyl groups is 1. The molecule has 0 aromatic carbocycles. The molecule has 2 atom stereocenters. The van der Waals surface area contributed by atoms with Gasteiger partial charge in [-0.3, -0.25) is 0 Å². The van der Waals surface area contributed by atoms with Gasteiger partial charge < -0.3 is 26.7 Å². The molecule has 1 aromatic heterocycles. The number of carbonyl (C=O) groups excluding carboxylic acids is 1. The number of halogens is 1. The Kier molecular flexibility index (Phi) is 4.98. The number of carbonyl (C=O) groups is 1. The van der Waals surface area contributed by atoms with Gasteiger partial charge in [-0.2, -0.15) is 0 Å². The van der Waals surface area contributed by atoms with Crippen LogP contribution in [0.15, 0.2) is 17.5 Å². The van der Waals surface area contributed by atoms with E-state index in [-0.39, 0.29) is 18.5 Å². The number of esters is 1. The van der Waals surface area contributed by atoms with Crippen LogP contribution in [0.2, 0.25) is 0 Å². The molecule has 0 amide bonds. The minimum absolute atomic E-state index is 0. The molecule has 2 aliphatic heterocycles. The van der Waals surface area contributed by atoms with Crippen molar-refractivity contribution in [2.45, 2.75) is 37.9 Å². The van der Waals surface area contributed by atoms with E-state index in [4.69, 9.17) is 4.74 Å². The first-order valence-corrected chi connectivity index (χ1v) is 8.22. The predicted octanol–water partition coefficient (Wildman–Crippen LogP) is -1.11. The molecular weight excluding hydrogens is 310 g/mol. The Balaban J connectivity index is 0.00000161. The average Bonchev–Trinajstić information content (AvgIpc) is 3.14. The van der Waals surface area contributed by atoms with Gasteiger partial charge >= 0.3 is 5.97 Å². The Labute approximate surface area is 135 Å². The van der Waals surface area contributed by atoms with Crippen molar-refractivity contribution in [2.24, 2.45) is 0 Å². The lowest BCUT2D eigenvalue weighted by Gasteiger charge is -2.29. The summed E-state index contributed by atoms with van der Waals surface area (Å²) in [6.45, 7) is 5.99. The van der Waals surface area contributed by atoms with Gasteiger partial charge in [-0.15, -0.1) is 11.3 Å². The third-order valence-electron chi connectivity index (χ3n) is 4.70. The lowest BCUT2D eigenvalue weighted by molar-refractivity contribution is -0.906. The van der Waals surface area contributed by atoms with Crippen LogP contribution in [-0.4, -0.2) is 47.8 Å². The van der Waals surface area contributed by atoms with Crippen LogP contribution in [0.3, 0.4) is 0 Å². The van der Waals surface area contributed by atoms with E-state index in [1.807, 2.05) is 11.4 Å². The Bertz CT molecular complexity index is 483. The van der Waals surface area contributed by atoms with E-state index in [2.05, 4.69) is 0 Å². The monoisotopic (exact) mass is 331 g/mol. The number of hydrogen-bond acceptors (Lipinski definition) is 4. The van der Waals surface area contributed by atoms with Gasteiger partial charge in [0, 0.05) is 24.1 Å². The zero-order valence-electron chi connectivity index (χ0n) is 12.3. The summed E-state index contributed by atoms with van der Waals surface area (Å²) in [7, 11) is 0. The van der Waals surface area contributed by atoms with E-state index in [0.29, 0.717) is 4.88 Å². The normalized spacial score (nSPS) is 26.3. The van der Waals surface area contributed by atoms with E-state index >= 15 is 0 Å². The van der Waals surface area contributed by atoms with Gasteiger partial charge in [0.15, 0.2) is 11.7 Å². The maximum Gasteiger partial charge on any atom is 0.343 e. The van der Waals surface area contributed by atoms with Crippen LogP contribution in [0.25, 0.3) is 0 Å². The van der Waals surface area contributed by atoms with Crippen molar-refractivity contribution in [1.29, 1.82) is 0 Å². The lowest BCUT2D eigenvalue weighted by Crippen LogP contribution is -3.00. The molecule has 0 aliphatic carbocycles. The van der Waals surface area contributed by atoms with Crippen molar-refractivity contribution in [3.8, 4) is 0 Å². The minimum Gasteiger partial charge on any atom is -1.00 e. The zero-order chi connectivity index (χ0) is 14.2. The highest BCUT2D eigenvalue weighted by molar-refractivity contribution is 7.10. The summed E-state index contributed by atoms with van der Waals surface area (Å²) >= 11 is 1.38. The third-order valence-corrected chi connectivity index (χ3v) is 5.78. The zero-order valence-corrected chi connectivity index (χ0v) is 13.8. The highest BCUT2D eigenvalue weighted by atomic mass is 35.5. The molecule has 118 valence electrons. The number of ether oxygens (including phenoxy) is 1. The largest absolute Gasteiger partial charge is 1.00 e. The van der Waals surface area contributed by atoms with E-state index in [9.17, 15) is 9.90 Å². The van der Waals surface area contributed by atoms with Gasteiger partial charge in [0.2, 0.25) is 0 Å². The van der Waals surface area contributed by atoms with Crippen LogP contribution in [0.4, 0.5) is 0 Å². The number of nitrogens with zero attached hydrogens (tertiary/aromatic N) is 1. The Morgan fingerprint density at radius 2 is 2.14 bits per heavy atom. The van der Waals surface area contributed by atoms with Crippen molar-refractivity contribution in [2.75, 3.05) is 26.2 Å². The standard InChI is InChI=1S/C15H22NO3S.ClH/c1-15(18,13-5-4-10-20-13)14(17)19-12-6-9-16(11-12)7-2-3-8-16;/h4-5,10,12,18H,2-3,6-9,11H2,1H3;1H/q+1;/p-1. The Hall–Kier alpha value is -0.620. The molecule has 0 saturated carbocycles. The molecule has 2 fully saturated rings. The lowest BCUT2D eigenvalue weighted by atomic mass is 10.1. The van der Waals surface area contributed by atoms with Crippen LogP contribution < -0.4 is 12.4 Å². The van der Waals surface area contributed by atoms with Gasteiger partial charge in [-0.25, -0.2) is 4.79 Å². The number of hydrogen-bond donors (Lipinski definition) is 1. The second kappa shape index (κ2) is 6.24. The van der Waals surface area contributed by atoms with Crippen molar-refractivity contribution in [3.63, 3.8) is 0 Å². The molecule has 3 rings (SSSR count). The fourth-order valence-electron chi connectivity index (χ4n) is 3.46. The third kappa shape index (κ3) is 3.26. The molecule has 2 unspecified atom stereocenters. The van der Waals surface area contributed by atoms with E-state index in [1.54, 1.807) is 6.07 Å². The molecule has 3 heterocycles. The number of quaternary nitrogens is 1. The number of rotatable bonds is 3. The van der Waals surface area contributed by atoms with Gasteiger partial charge in [-0.05, 0) is 18.4 Å². The van der Waals surface area contributed by atoms with Crippen LogP contribution in [-0.2, 0) is 15.1 Å². The molecule has 1 aromatic rings. The first-order chi connectivity index (χ1) is 9.52. The van der Waals surface area contributed by atoms with E-state index < -0.39 is 11.6 Å². The van der Waals surface area contributed by atoms with Crippen LogP contribution in [0.5, 0.6) is 0 Å². The minimum atomic E-state index is -1.52. The van der Waals surface area contributed by atoms with Gasteiger partial charge in [0.1, 0.15) is 6.54 Å². The molecule has 2 saturated heterocycles. The molecule has 6 heteroatoms. The van der Waals surface area contributed by atoms with Crippen LogP contribution >= 0.6 is 11.3 Å². The summed E-state index contributed by atoms with van der Waals surface area (Å²) in [5.41, 5.74) is -1.52. The fourth-order valence-corrected chi connectivity index (χ4v) is 4.24. The molecule has 1 spiro atoms. The second-order valence-electron chi connectivity index (χ2n) is 6.27. The molecule has 2 aliphatic rings. The Morgan fingerprint density at radius 3 is 2.76 bits per heavy atom. The molecule has 0 radical (unpaired) electrons. The molecule has 4 nitrogen and oxygen atoms in total. The summed E-state index contributed by atoms with van der Waals surface area (Å²) < 4.78 is 6.70. The fraction of sp³-hybridized carbons (Fsp3) is 0.667. The van der Waals surface area contributed by atoms with Gasteiger partial charge in [0.25, 0.3) is 0 Å². The molecule has 0 bridgehead atoms. The van der Waals surface area contributed by atoms with Crippen LogP contribution in [0, 0.1) is 0 Å². The highest BCUT2D eigenvalue weighted by Crippen LogP contribution is 2.31. The number of thiophene rings is 1. The molecular formula is C15H22ClNO3S. The predicted molar refractivity (Wildman–Crippen MR) is 77.3 cm³/mol. The quantitative estimate of drug-likeness (QED) is 0.564. The van der Waals surface area contributed by atoms with Crippen molar-refractivity contribution in [1.82, 2.24) is 0 Å². The second-order valence-corrected chi connectivity index (χ2v) is 7.22. The first kappa shape index (κ1) is 16.7. The maximum atomic E-state index is 12.2. The smallest absolute Gasteiger partial charge is 0.343 e. The average molecular weight is 332 g/mol.